The molecule has 0 aliphatic carbocycles. The molecule has 8 heteroatoms. The van der Waals surface area contributed by atoms with Gasteiger partial charge < -0.3 is 10.1 Å². The van der Waals surface area contributed by atoms with Crippen LogP contribution in [0.5, 0.6) is 5.75 Å². The smallest absolute Gasteiger partial charge is 0.251 e. The van der Waals surface area contributed by atoms with Crippen molar-refractivity contribution in [3.05, 3.63) is 90.0 Å². The molecule has 3 aromatic rings. The molecule has 0 saturated heterocycles. The van der Waals surface area contributed by atoms with Crippen molar-refractivity contribution < 1.29 is 22.3 Å². The van der Waals surface area contributed by atoms with Gasteiger partial charge in [-0.25, -0.2) is 12.8 Å². The third-order valence-electron chi connectivity index (χ3n) is 4.37. The zero-order valence-electron chi connectivity index (χ0n) is 15.6. The Morgan fingerprint density at radius 1 is 1.10 bits per heavy atom. The summed E-state index contributed by atoms with van der Waals surface area (Å²) in [5, 5.41) is 1.58. The van der Waals surface area contributed by atoms with Crippen molar-refractivity contribution in [1.82, 2.24) is 10.3 Å². The molecular formula is C21H19FN2O4S. The first-order valence-corrected chi connectivity index (χ1v) is 10.3. The van der Waals surface area contributed by atoms with Crippen LogP contribution in [0, 0.1) is 5.82 Å². The number of hydrogen-bond donors (Lipinski definition) is 1. The third-order valence-corrected chi connectivity index (χ3v) is 6.49. The number of aromatic nitrogens is 1. The van der Waals surface area contributed by atoms with Gasteiger partial charge in [0.25, 0.3) is 5.91 Å². The van der Waals surface area contributed by atoms with Crippen LogP contribution >= 0.6 is 0 Å². The van der Waals surface area contributed by atoms with Gasteiger partial charge in [-0.3, -0.25) is 9.78 Å². The molecule has 0 unspecified atom stereocenters. The van der Waals surface area contributed by atoms with Crippen LogP contribution in [0.3, 0.4) is 0 Å². The molecule has 3 rings (SSSR count). The maximum Gasteiger partial charge on any atom is 0.251 e. The molecule has 29 heavy (non-hydrogen) atoms. The number of halogens is 1. The van der Waals surface area contributed by atoms with E-state index >= 15 is 0 Å². The van der Waals surface area contributed by atoms with E-state index in [4.69, 9.17) is 4.74 Å². The van der Waals surface area contributed by atoms with E-state index in [9.17, 15) is 17.6 Å². The lowest BCUT2D eigenvalue weighted by Gasteiger charge is -2.19. The Balaban J connectivity index is 1.88. The molecule has 0 aliphatic heterocycles. The van der Waals surface area contributed by atoms with Crippen LogP contribution in [-0.2, 0) is 9.84 Å². The second-order valence-corrected chi connectivity index (χ2v) is 8.34. The van der Waals surface area contributed by atoms with Gasteiger partial charge in [0.2, 0.25) is 0 Å². The fourth-order valence-electron chi connectivity index (χ4n) is 2.79. The Labute approximate surface area is 168 Å². The molecule has 0 spiro atoms. The number of hydrogen-bond acceptors (Lipinski definition) is 5. The van der Waals surface area contributed by atoms with E-state index in [2.05, 4.69) is 10.3 Å². The minimum Gasteiger partial charge on any atom is -0.497 e. The molecule has 0 radical (unpaired) electrons. The number of benzene rings is 2. The average molecular weight is 414 g/mol. The largest absolute Gasteiger partial charge is 0.497 e. The summed E-state index contributed by atoms with van der Waals surface area (Å²) < 4.78 is 44.6. The van der Waals surface area contributed by atoms with Crippen LogP contribution in [-0.4, -0.2) is 33.0 Å². The molecule has 0 fully saturated rings. The molecule has 1 heterocycles. The minimum absolute atomic E-state index is 0.100. The van der Waals surface area contributed by atoms with Crippen LogP contribution in [0.2, 0.25) is 0 Å². The Morgan fingerprint density at radius 3 is 2.38 bits per heavy atom. The zero-order chi connectivity index (χ0) is 20.9. The highest BCUT2D eigenvalue weighted by Gasteiger charge is 2.30. The molecule has 1 atom stereocenters. The lowest BCUT2D eigenvalue weighted by atomic mass is 10.2. The van der Waals surface area contributed by atoms with E-state index in [1.807, 2.05) is 0 Å². The fraction of sp³-hybridized carbons (Fsp3) is 0.143. The monoisotopic (exact) mass is 414 g/mol. The van der Waals surface area contributed by atoms with Gasteiger partial charge in [-0.1, -0.05) is 6.07 Å². The SMILES string of the molecule is COc1ccc(S(=O)(=O)[C@H](CNC(=O)c2ccc(F)cc2)c2cccnc2)cc1. The maximum atomic E-state index is 13.3. The number of amides is 1. The van der Waals surface area contributed by atoms with Crippen LogP contribution in [0.1, 0.15) is 21.2 Å². The van der Waals surface area contributed by atoms with Crippen molar-refractivity contribution in [3.63, 3.8) is 0 Å². The molecule has 6 nitrogen and oxygen atoms in total. The van der Waals surface area contributed by atoms with Crippen molar-refractivity contribution in [3.8, 4) is 5.75 Å². The maximum absolute atomic E-state index is 13.3. The Morgan fingerprint density at radius 2 is 1.79 bits per heavy atom. The third kappa shape index (κ3) is 4.78. The summed E-state index contributed by atoms with van der Waals surface area (Å²) in [6, 6.07) is 14.3. The van der Waals surface area contributed by atoms with Gasteiger partial charge in [-0.05, 0) is 60.2 Å². The van der Waals surface area contributed by atoms with Crippen molar-refractivity contribution in [2.45, 2.75) is 10.1 Å². The highest BCUT2D eigenvalue weighted by atomic mass is 32.2. The summed E-state index contributed by atoms with van der Waals surface area (Å²) in [6.07, 6.45) is 2.99. The lowest BCUT2D eigenvalue weighted by Crippen LogP contribution is -2.32. The van der Waals surface area contributed by atoms with Crippen molar-refractivity contribution in [1.29, 1.82) is 0 Å². The Kier molecular flexibility index (Phi) is 6.23. The summed E-state index contributed by atoms with van der Waals surface area (Å²) in [7, 11) is -2.34. The number of pyridine rings is 1. The number of nitrogens with one attached hydrogen (secondary N) is 1. The number of carbonyl (C=O) groups excluding carboxylic acids is 1. The van der Waals surface area contributed by atoms with E-state index in [1.54, 1.807) is 24.3 Å². The van der Waals surface area contributed by atoms with E-state index < -0.39 is 26.8 Å². The van der Waals surface area contributed by atoms with Gasteiger partial charge in [0.05, 0.1) is 12.0 Å². The number of carbonyl (C=O) groups is 1. The highest BCUT2D eigenvalue weighted by Crippen LogP contribution is 2.29. The van der Waals surface area contributed by atoms with Gasteiger partial charge >= 0.3 is 0 Å². The first-order chi connectivity index (χ1) is 13.9. The molecule has 1 N–H and O–H groups in total. The fourth-order valence-corrected chi connectivity index (χ4v) is 4.44. The molecule has 1 aromatic heterocycles. The minimum atomic E-state index is -3.83. The van der Waals surface area contributed by atoms with E-state index in [-0.39, 0.29) is 17.0 Å². The van der Waals surface area contributed by atoms with E-state index in [1.165, 1.54) is 55.9 Å². The lowest BCUT2D eigenvalue weighted by molar-refractivity contribution is 0.0953. The second-order valence-electron chi connectivity index (χ2n) is 6.21. The molecule has 150 valence electrons. The van der Waals surface area contributed by atoms with E-state index in [0.29, 0.717) is 11.3 Å². The molecule has 0 bridgehead atoms. The first kappa shape index (κ1) is 20.5. The molecule has 0 aliphatic rings. The van der Waals surface area contributed by atoms with Crippen molar-refractivity contribution in [2.24, 2.45) is 0 Å². The van der Waals surface area contributed by atoms with Gasteiger partial charge in [0.1, 0.15) is 16.8 Å². The summed E-state index contributed by atoms with van der Waals surface area (Å²) in [5.41, 5.74) is 0.681. The van der Waals surface area contributed by atoms with Gasteiger partial charge in [-0.2, -0.15) is 0 Å². The second kappa shape index (κ2) is 8.83. The predicted octanol–water partition coefficient (Wildman–Crippen LogP) is 3.17. The quantitative estimate of drug-likeness (QED) is 0.642. The number of sulfone groups is 1. The van der Waals surface area contributed by atoms with Crippen molar-refractivity contribution >= 4 is 15.7 Å². The summed E-state index contributed by atoms with van der Waals surface area (Å²) >= 11 is 0. The van der Waals surface area contributed by atoms with Crippen molar-refractivity contribution in [2.75, 3.05) is 13.7 Å². The van der Waals surface area contributed by atoms with Crippen LogP contribution in [0.25, 0.3) is 0 Å². The molecule has 2 aromatic carbocycles. The Bertz CT molecular complexity index is 1070. The summed E-state index contributed by atoms with van der Waals surface area (Å²) in [4.78, 5) is 16.5. The molecule has 0 saturated carbocycles. The van der Waals surface area contributed by atoms with Gasteiger partial charge in [0.15, 0.2) is 9.84 Å². The van der Waals surface area contributed by atoms with Crippen LogP contribution in [0.4, 0.5) is 4.39 Å². The molecule has 1 amide bonds. The zero-order valence-corrected chi connectivity index (χ0v) is 16.4. The number of rotatable bonds is 7. The number of nitrogens with zero attached hydrogens (tertiary/aromatic N) is 1. The summed E-state index contributed by atoms with van der Waals surface area (Å²) in [6.45, 7) is -0.170. The van der Waals surface area contributed by atoms with Gasteiger partial charge in [0, 0.05) is 24.5 Å². The summed E-state index contributed by atoms with van der Waals surface area (Å²) in [5.74, 6) is -0.424. The topological polar surface area (TPSA) is 85.4 Å². The van der Waals surface area contributed by atoms with Crippen LogP contribution in [0.15, 0.2) is 78.0 Å². The Hall–Kier alpha value is -3.26. The van der Waals surface area contributed by atoms with Crippen LogP contribution < -0.4 is 10.1 Å². The van der Waals surface area contributed by atoms with E-state index in [0.717, 1.165) is 0 Å². The first-order valence-electron chi connectivity index (χ1n) is 8.73. The molecular weight excluding hydrogens is 395 g/mol. The average Bonchev–Trinajstić information content (AvgIpc) is 2.75. The number of ether oxygens (including phenoxy) is 1. The predicted molar refractivity (Wildman–Crippen MR) is 106 cm³/mol. The number of methoxy groups -OCH3 is 1. The van der Waals surface area contributed by atoms with Gasteiger partial charge in [-0.15, -0.1) is 0 Å². The standard InChI is InChI=1S/C21H19FN2O4S/c1-28-18-8-10-19(11-9-18)29(26,27)20(16-3-2-12-23-13-16)14-24-21(25)15-4-6-17(22)7-5-15/h2-13,20H,14H2,1H3,(H,24,25)/t20-/m1/s1. The normalized spacial score (nSPS) is 12.2. The highest BCUT2D eigenvalue weighted by molar-refractivity contribution is 7.91.